The monoisotopic (exact) mass is 555 g/mol. The Bertz CT molecular complexity index is 1560. The van der Waals surface area contributed by atoms with Crippen LogP contribution in [0.25, 0.3) is 22.2 Å². The molecule has 40 heavy (non-hydrogen) atoms. The third-order valence-electron chi connectivity index (χ3n) is 7.15. The van der Waals surface area contributed by atoms with Gasteiger partial charge in [0, 0.05) is 61.0 Å². The maximum atomic E-state index is 12.9. The van der Waals surface area contributed by atoms with Gasteiger partial charge >= 0.3 is 12.1 Å². The lowest BCUT2D eigenvalue weighted by Gasteiger charge is -2.34. The lowest BCUT2D eigenvalue weighted by atomic mass is 10.0. The van der Waals surface area contributed by atoms with Gasteiger partial charge in [0.05, 0.1) is 11.6 Å². The molecule has 210 valence electrons. The molecule has 0 amide bonds. The second-order valence-corrected chi connectivity index (χ2v) is 10.4. The highest BCUT2D eigenvalue weighted by Crippen LogP contribution is 2.35. The summed E-state index contributed by atoms with van der Waals surface area (Å²) < 4.78 is 41.2. The van der Waals surface area contributed by atoms with E-state index in [4.69, 9.17) is 5.73 Å². The molecule has 0 unspecified atom stereocenters. The van der Waals surface area contributed by atoms with E-state index in [1.54, 1.807) is 23.0 Å². The number of hydrogen-bond acceptors (Lipinski definition) is 8. The molecule has 4 N–H and O–H groups in total. The van der Waals surface area contributed by atoms with Crippen LogP contribution in [-0.2, 0) is 13.1 Å². The van der Waals surface area contributed by atoms with Crippen molar-refractivity contribution in [2.45, 2.75) is 51.0 Å². The van der Waals surface area contributed by atoms with E-state index in [0.717, 1.165) is 42.6 Å². The number of aromatic nitrogens is 6. The quantitative estimate of drug-likeness (QED) is 0.294. The number of carboxylic acid groups (broad SMARTS) is 1. The van der Waals surface area contributed by atoms with E-state index < -0.39 is 18.7 Å². The molecule has 2 aliphatic rings. The van der Waals surface area contributed by atoms with Crippen LogP contribution in [-0.4, -0.2) is 65.9 Å². The fourth-order valence-corrected chi connectivity index (χ4v) is 5.08. The molecule has 1 saturated carbocycles. The van der Waals surface area contributed by atoms with Crippen LogP contribution in [0.1, 0.15) is 36.2 Å². The molecule has 11 nitrogen and oxygen atoms in total. The third kappa shape index (κ3) is 5.57. The Morgan fingerprint density at radius 1 is 1.18 bits per heavy atom. The second-order valence-electron chi connectivity index (χ2n) is 10.4. The van der Waals surface area contributed by atoms with Crippen molar-refractivity contribution in [3.63, 3.8) is 0 Å². The van der Waals surface area contributed by atoms with Gasteiger partial charge < -0.3 is 21.1 Å². The molecule has 1 saturated heterocycles. The molecular weight excluding hydrogens is 527 g/mol. The summed E-state index contributed by atoms with van der Waals surface area (Å²) in [7, 11) is 0. The first kappa shape index (κ1) is 26.0. The van der Waals surface area contributed by atoms with Crippen LogP contribution < -0.4 is 16.0 Å². The molecule has 2 fully saturated rings. The molecule has 4 aromatic rings. The lowest BCUT2D eigenvalue weighted by Crippen LogP contribution is -2.43. The predicted octanol–water partition coefficient (Wildman–Crippen LogP) is 4.03. The second kappa shape index (κ2) is 10.1. The molecule has 5 heterocycles. The maximum absolute atomic E-state index is 12.9. The number of piperidine rings is 1. The topological polar surface area (TPSA) is 140 Å². The number of pyridine rings is 2. The van der Waals surface area contributed by atoms with Crippen LogP contribution >= 0.6 is 0 Å². The molecule has 1 atom stereocenters. The van der Waals surface area contributed by atoms with Gasteiger partial charge in [-0.1, -0.05) is 0 Å². The molecule has 0 radical (unpaired) electrons. The van der Waals surface area contributed by atoms with Gasteiger partial charge in [-0.2, -0.15) is 23.4 Å². The number of aromatic carboxylic acids is 1. The smallest absolute Gasteiger partial charge is 0.408 e. The van der Waals surface area contributed by atoms with Crippen molar-refractivity contribution < 1.29 is 23.1 Å². The molecule has 1 aliphatic heterocycles. The minimum atomic E-state index is -4.38. The number of fused-ring (bicyclic) bond motifs is 1. The highest BCUT2D eigenvalue weighted by atomic mass is 19.4. The normalized spacial score (nSPS) is 17.9. The molecule has 14 heteroatoms. The van der Waals surface area contributed by atoms with E-state index in [1.165, 1.54) is 12.4 Å². The first-order chi connectivity index (χ1) is 19.1. The predicted molar refractivity (Wildman–Crippen MR) is 141 cm³/mol. The average molecular weight is 556 g/mol. The summed E-state index contributed by atoms with van der Waals surface area (Å²) >= 11 is 0. The van der Waals surface area contributed by atoms with Crippen molar-refractivity contribution in [1.82, 2.24) is 29.5 Å². The number of halogens is 3. The van der Waals surface area contributed by atoms with Crippen LogP contribution in [0, 0.1) is 5.92 Å². The first-order valence-corrected chi connectivity index (χ1v) is 13.1. The molecule has 6 rings (SSSR count). The zero-order valence-electron chi connectivity index (χ0n) is 21.5. The number of rotatable bonds is 8. The molecule has 0 aromatic carbocycles. The summed E-state index contributed by atoms with van der Waals surface area (Å²) in [6.07, 6.45) is 3.92. The fourth-order valence-electron chi connectivity index (χ4n) is 5.08. The van der Waals surface area contributed by atoms with Crippen LogP contribution in [0.5, 0.6) is 0 Å². The van der Waals surface area contributed by atoms with Crippen LogP contribution in [0.4, 0.5) is 30.5 Å². The fraction of sp³-hybridized carbons (Fsp3) is 0.423. The van der Waals surface area contributed by atoms with E-state index in [0.29, 0.717) is 52.8 Å². The van der Waals surface area contributed by atoms with E-state index in [2.05, 4.69) is 30.4 Å². The number of carboxylic acids is 1. The number of alkyl halides is 3. The van der Waals surface area contributed by atoms with Crippen molar-refractivity contribution in [3.8, 4) is 11.1 Å². The number of anilines is 3. The standard InChI is InChI=1S/C26H28F3N9O2/c27-26(28,29)14-37-12-16(9-32-37)19-10-31-22(8-20(19)36-7-1-2-17(30)13-36)33-21-6-5-18-23(25(39)40)35-38(24(18)34-21)11-15-3-4-15/h5-6,8-10,12,15,17H,1-4,7,11,13-14,30H2,(H,39,40)(H,31,33,34)/t17-/m0/s1. The number of nitrogens with zero attached hydrogens (tertiary/aromatic N) is 7. The van der Waals surface area contributed by atoms with Gasteiger partial charge in [0.25, 0.3) is 0 Å². The van der Waals surface area contributed by atoms with Crippen LogP contribution in [0.2, 0.25) is 0 Å². The van der Waals surface area contributed by atoms with E-state index in [-0.39, 0.29) is 11.7 Å². The Balaban J connectivity index is 1.34. The Kier molecular flexibility index (Phi) is 6.56. The Hall–Kier alpha value is -4.20. The minimum absolute atomic E-state index is 0.0293. The largest absolute Gasteiger partial charge is 0.476 e. The molecule has 4 aromatic heterocycles. The van der Waals surface area contributed by atoms with Crippen LogP contribution in [0.15, 0.2) is 36.8 Å². The SMILES string of the molecule is N[C@H]1CCCN(c2cc(Nc3ccc4c(C(=O)O)nn(CC5CC5)c4n3)ncc2-c2cnn(CC(F)(F)F)c2)C1. The maximum Gasteiger partial charge on any atom is 0.408 e. The van der Waals surface area contributed by atoms with Crippen molar-refractivity contribution >= 4 is 34.3 Å². The van der Waals surface area contributed by atoms with E-state index >= 15 is 0 Å². The van der Waals surface area contributed by atoms with Crippen molar-refractivity contribution in [2.24, 2.45) is 11.7 Å². The van der Waals surface area contributed by atoms with Gasteiger partial charge in [0.2, 0.25) is 0 Å². The summed E-state index contributed by atoms with van der Waals surface area (Å²) in [6.45, 7) is 0.757. The van der Waals surface area contributed by atoms with Gasteiger partial charge in [-0.05, 0) is 43.7 Å². The highest BCUT2D eigenvalue weighted by molar-refractivity contribution is 6.00. The minimum Gasteiger partial charge on any atom is -0.476 e. The summed E-state index contributed by atoms with van der Waals surface area (Å²) in [5.41, 5.74) is 8.61. The highest BCUT2D eigenvalue weighted by Gasteiger charge is 2.29. The zero-order valence-corrected chi connectivity index (χ0v) is 21.5. The van der Waals surface area contributed by atoms with Gasteiger partial charge in [-0.15, -0.1) is 0 Å². The van der Waals surface area contributed by atoms with Gasteiger partial charge in [-0.25, -0.2) is 19.4 Å². The van der Waals surface area contributed by atoms with E-state index in [1.807, 2.05) is 6.07 Å². The van der Waals surface area contributed by atoms with Crippen molar-refractivity contribution in [3.05, 3.63) is 42.5 Å². The summed E-state index contributed by atoms with van der Waals surface area (Å²) in [6, 6.07) is 5.15. The van der Waals surface area contributed by atoms with Crippen molar-refractivity contribution in [1.29, 1.82) is 0 Å². The number of carbonyl (C=O) groups is 1. The first-order valence-electron chi connectivity index (χ1n) is 13.1. The van der Waals surface area contributed by atoms with Gasteiger partial charge in [0.1, 0.15) is 18.2 Å². The van der Waals surface area contributed by atoms with Gasteiger partial charge in [0.15, 0.2) is 11.3 Å². The average Bonchev–Trinajstić information content (AvgIpc) is 3.48. The number of hydrogen-bond donors (Lipinski definition) is 3. The summed E-state index contributed by atoms with van der Waals surface area (Å²) in [5.74, 6) is 0.290. The number of nitrogens with one attached hydrogen (secondary N) is 1. The lowest BCUT2D eigenvalue weighted by molar-refractivity contribution is -0.142. The third-order valence-corrected chi connectivity index (χ3v) is 7.15. The van der Waals surface area contributed by atoms with Crippen LogP contribution in [0.3, 0.4) is 0 Å². The Morgan fingerprint density at radius 3 is 2.73 bits per heavy atom. The summed E-state index contributed by atoms with van der Waals surface area (Å²) in [4.78, 5) is 23.0. The molecule has 0 spiro atoms. The zero-order chi connectivity index (χ0) is 28.0. The van der Waals surface area contributed by atoms with E-state index in [9.17, 15) is 23.1 Å². The van der Waals surface area contributed by atoms with Gasteiger partial charge in [-0.3, -0.25) is 4.68 Å². The summed E-state index contributed by atoms with van der Waals surface area (Å²) in [5, 5.41) is 21.4. The molecule has 0 bridgehead atoms. The van der Waals surface area contributed by atoms with Crippen molar-refractivity contribution in [2.75, 3.05) is 23.3 Å². The number of nitrogens with two attached hydrogens (primary N) is 1. The molecule has 1 aliphatic carbocycles. The Morgan fingerprint density at radius 2 is 2.00 bits per heavy atom. The molecular formula is C26H28F3N9O2. The Labute approximate surface area is 226 Å².